The van der Waals surface area contributed by atoms with Gasteiger partial charge in [0.15, 0.2) is 5.65 Å². The number of hydrogen-bond acceptors (Lipinski definition) is 5. The Morgan fingerprint density at radius 2 is 1.53 bits per heavy atom. The van der Waals surface area contributed by atoms with Crippen molar-refractivity contribution in [2.45, 2.75) is 6.92 Å². The fourth-order valence-corrected chi connectivity index (χ4v) is 3.60. The van der Waals surface area contributed by atoms with Gasteiger partial charge in [-0.1, -0.05) is 29.3 Å². The van der Waals surface area contributed by atoms with E-state index in [0.29, 0.717) is 21.5 Å². The molecule has 0 aliphatic carbocycles. The number of benzene rings is 3. The van der Waals surface area contributed by atoms with E-state index in [4.69, 9.17) is 27.9 Å². The highest BCUT2D eigenvalue weighted by molar-refractivity contribution is 6.31. The number of rotatable bonds is 5. The zero-order chi connectivity index (χ0) is 22.1. The maximum atomic E-state index is 6.19. The molecule has 0 amide bonds. The summed E-state index contributed by atoms with van der Waals surface area (Å²) in [7, 11) is 0. The third-order valence-electron chi connectivity index (χ3n) is 4.93. The van der Waals surface area contributed by atoms with Crippen molar-refractivity contribution in [2.75, 3.05) is 5.32 Å². The van der Waals surface area contributed by atoms with Crippen molar-refractivity contribution in [1.82, 2.24) is 19.7 Å². The minimum absolute atomic E-state index is 0.641. The minimum atomic E-state index is 0.641. The van der Waals surface area contributed by atoms with E-state index in [1.165, 1.54) is 6.33 Å². The highest BCUT2D eigenvalue weighted by Gasteiger charge is 2.13. The first-order valence-corrected chi connectivity index (χ1v) is 10.6. The smallest absolute Gasteiger partial charge is 0.168 e. The molecule has 0 fully saturated rings. The molecule has 2 aromatic heterocycles. The average Bonchev–Trinajstić information content (AvgIpc) is 3.23. The van der Waals surface area contributed by atoms with Crippen LogP contribution in [0.25, 0.3) is 16.7 Å². The lowest BCUT2D eigenvalue weighted by atomic mass is 10.2. The first-order chi connectivity index (χ1) is 15.6. The van der Waals surface area contributed by atoms with E-state index in [0.717, 1.165) is 33.8 Å². The summed E-state index contributed by atoms with van der Waals surface area (Å²) in [5.74, 6) is 2.10. The number of aromatic nitrogens is 4. The SMILES string of the molecule is Cc1ccc(Cl)cc1-n1ncc2c(Nc3ccc(Oc4ccc(Cl)cc4)cc3)ncnc21. The highest BCUT2D eigenvalue weighted by Crippen LogP contribution is 2.29. The Labute approximate surface area is 194 Å². The second-order valence-electron chi connectivity index (χ2n) is 7.15. The summed E-state index contributed by atoms with van der Waals surface area (Å²) < 4.78 is 7.62. The molecule has 5 rings (SSSR count). The lowest BCUT2D eigenvalue weighted by Gasteiger charge is -2.10. The lowest BCUT2D eigenvalue weighted by molar-refractivity contribution is 0.483. The van der Waals surface area contributed by atoms with E-state index in [1.54, 1.807) is 23.0 Å². The molecule has 32 heavy (non-hydrogen) atoms. The quantitative estimate of drug-likeness (QED) is 0.306. The van der Waals surface area contributed by atoms with Gasteiger partial charge >= 0.3 is 0 Å². The molecule has 0 saturated heterocycles. The van der Waals surface area contributed by atoms with E-state index in [2.05, 4.69) is 20.4 Å². The molecule has 0 unspecified atom stereocenters. The summed E-state index contributed by atoms with van der Waals surface area (Å²) in [4.78, 5) is 8.84. The van der Waals surface area contributed by atoms with Crippen LogP contribution in [0.1, 0.15) is 5.56 Å². The van der Waals surface area contributed by atoms with Crippen LogP contribution in [0.5, 0.6) is 11.5 Å². The van der Waals surface area contributed by atoms with E-state index < -0.39 is 0 Å². The summed E-state index contributed by atoms with van der Waals surface area (Å²) in [5, 5.41) is 9.96. The van der Waals surface area contributed by atoms with E-state index in [9.17, 15) is 0 Å². The van der Waals surface area contributed by atoms with Gasteiger partial charge in [-0.2, -0.15) is 5.10 Å². The topological polar surface area (TPSA) is 64.9 Å². The molecule has 0 radical (unpaired) electrons. The van der Waals surface area contributed by atoms with Crippen molar-refractivity contribution >= 4 is 45.7 Å². The summed E-state index contributed by atoms with van der Waals surface area (Å²) >= 11 is 12.1. The average molecular weight is 462 g/mol. The molecule has 5 aromatic rings. The van der Waals surface area contributed by atoms with Crippen LogP contribution in [0.15, 0.2) is 79.3 Å². The molecular formula is C24H17Cl2N5O. The predicted octanol–water partition coefficient (Wildman–Crippen LogP) is 6.97. The summed E-state index contributed by atoms with van der Waals surface area (Å²) in [6.07, 6.45) is 3.26. The Morgan fingerprint density at radius 1 is 0.844 bits per heavy atom. The van der Waals surface area contributed by atoms with Crippen LogP contribution in [0, 0.1) is 6.92 Å². The van der Waals surface area contributed by atoms with Crippen molar-refractivity contribution in [1.29, 1.82) is 0 Å². The first kappa shape index (κ1) is 20.3. The molecule has 6 nitrogen and oxygen atoms in total. The van der Waals surface area contributed by atoms with Gasteiger partial charge in [0.1, 0.15) is 23.6 Å². The molecule has 3 aromatic carbocycles. The maximum absolute atomic E-state index is 6.19. The maximum Gasteiger partial charge on any atom is 0.168 e. The molecule has 0 bridgehead atoms. The van der Waals surface area contributed by atoms with Gasteiger partial charge in [0, 0.05) is 15.7 Å². The zero-order valence-electron chi connectivity index (χ0n) is 17.0. The van der Waals surface area contributed by atoms with Gasteiger partial charge in [0.25, 0.3) is 0 Å². The molecule has 0 aliphatic heterocycles. The lowest BCUT2D eigenvalue weighted by Crippen LogP contribution is -2.01. The van der Waals surface area contributed by atoms with Gasteiger partial charge in [-0.05, 0) is 73.2 Å². The van der Waals surface area contributed by atoms with Gasteiger partial charge in [-0.15, -0.1) is 0 Å². The first-order valence-electron chi connectivity index (χ1n) is 9.82. The molecule has 0 atom stereocenters. The Morgan fingerprint density at radius 3 is 2.28 bits per heavy atom. The van der Waals surface area contributed by atoms with Crippen LogP contribution in [0.2, 0.25) is 10.0 Å². The fraction of sp³-hybridized carbons (Fsp3) is 0.0417. The molecule has 0 aliphatic rings. The Bertz CT molecular complexity index is 1400. The highest BCUT2D eigenvalue weighted by atomic mass is 35.5. The van der Waals surface area contributed by atoms with Gasteiger partial charge < -0.3 is 10.1 Å². The minimum Gasteiger partial charge on any atom is -0.457 e. The molecule has 0 spiro atoms. The molecule has 8 heteroatoms. The number of nitrogens with one attached hydrogen (secondary N) is 1. The van der Waals surface area contributed by atoms with Crippen molar-refractivity contribution in [3.05, 3.63) is 94.9 Å². The second-order valence-corrected chi connectivity index (χ2v) is 8.02. The molecule has 0 saturated carbocycles. The second kappa shape index (κ2) is 8.49. The van der Waals surface area contributed by atoms with Crippen LogP contribution in [0.4, 0.5) is 11.5 Å². The number of hydrogen-bond donors (Lipinski definition) is 1. The summed E-state index contributed by atoms with van der Waals surface area (Å²) in [6.45, 7) is 2.01. The number of ether oxygens (including phenoxy) is 1. The standard InChI is InChI=1S/C24H17Cl2N5O/c1-15-2-3-17(26)12-22(15)31-24-21(13-29-31)23(27-14-28-24)30-18-6-10-20(11-7-18)32-19-8-4-16(25)5-9-19/h2-14H,1H3,(H,27,28,30). The van der Waals surface area contributed by atoms with E-state index >= 15 is 0 Å². The van der Waals surface area contributed by atoms with Crippen molar-refractivity contribution in [2.24, 2.45) is 0 Å². The number of nitrogens with zero attached hydrogens (tertiary/aromatic N) is 4. The number of aryl methyl sites for hydroxylation is 1. The van der Waals surface area contributed by atoms with Crippen LogP contribution < -0.4 is 10.1 Å². The largest absolute Gasteiger partial charge is 0.457 e. The zero-order valence-corrected chi connectivity index (χ0v) is 18.5. The Hall–Kier alpha value is -3.61. The van der Waals surface area contributed by atoms with Crippen LogP contribution in [-0.2, 0) is 0 Å². The number of fused-ring (bicyclic) bond motifs is 1. The molecule has 158 valence electrons. The van der Waals surface area contributed by atoms with Gasteiger partial charge in [0.05, 0.1) is 17.3 Å². The normalized spacial score (nSPS) is 11.0. The van der Waals surface area contributed by atoms with E-state index in [1.807, 2.05) is 61.5 Å². The van der Waals surface area contributed by atoms with Gasteiger partial charge in [-0.25, -0.2) is 14.6 Å². The Balaban J connectivity index is 1.40. The summed E-state index contributed by atoms with van der Waals surface area (Å²) in [5.41, 5.74) is 3.47. The van der Waals surface area contributed by atoms with Crippen LogP contribution >= 0.6 is 23.2 Å². The third-order valence-corrected chi connectivity index (χ3v) is 5.42. The van der Waals surface area contributed by atoms with E-state index in [-0.39, 0.29) is 0 Å². The van der Waals surface area contributed by atoms with Crippen molar-refractivity contribution in [3.8, 4) is 17.2 Å². The Kier molecular flexibility index (Phi) is 5.39. The third kappa shape index (κ3) is 4.10. The van der Waals surface area contributed by atoms with Gasteiger partial charge in [0.2, 0.25) is 0 Å². The molecular weight excluding hydrogens is 445 g/mol. The fourth-order valence-electron chi connectivity index (χ4n) is 3.31. The summed E-state index contributed by atoms with van der Waals surface area (Å²) in [6, 6.07) is 20.5. The van der Waals surface area contributed by atoms with Crippen LogP contribution in [0.3, 0.4) is 0 Å². The van der Waals surface area contributed by atoms with Crippen molar-refractivity contribution in [3.63, 3.8) is 0 Å². The van der Waals surface area contributed by atoms with Crippen molar-refractivity contribution < 1.29 is 4.74 Å². The van der Waals surface area contributed by atoms with Crippen LogP contribution in [-0.4, -0.2) is 19.7 Å². The van der Waals surface area contributed by atoms with Gasteiger partial charge in [-0.3, -0.25) is 0 Å². The number of anilines is 2. The predicted molar refractivity (Wildman–Crippen MR) is 128 cm³/mol. The number of halogens is 2. The molecule has 2 heterocycles. The monoisotopic (exact) mass is 461 g/mol. The molecule has 1 N–H and O–H groups in total.